The number of carbonyl (C=O) groups is 1. The molecule has 0 radical (unpaired) electrons. The summed E-state index contributed by atoms with van der Waals surface area (Å²) in [5, 5.41) is 13.2. The number of amides is 1. The van der Waals surface area contributed by atoms with Crippen LogP contribution in [0.4, 0.5) is 5.69 Å². The van der Waals surface area contributed by atoms with Crippen molar-refractivity contribution in [1.29, 1.82) is 0 Å². The van der Waals surface area contributed by atoms with E-state index in [0.29, 0.717) is 23.5 Å². The Morgan fingerprint density at radius 2 is 1.96 bits per heavy atom. The Kier molecular flexibility index (Phi) is 6.84. The van der Waals surface area contributed by atoms with Crippen molar-refractivity contribution in [3.05, 3.63) is 52.0 Å². The highest BCUT2D eigenvalue weighted by molar-refractivity contribution is 9.10. The molecule has 0 heterocycles. The maximum absolute atomic E-state index is 12.1. The Hall–Kier alpha value is -2.05. The van der Waals surface area contributed by atoms with Gasteiger partial charge in [0.05, 0.1) is 20.3 Å². The van der Waals surface area contributed by atoms with Gasteiger partial charge in [-0.1, -0.05) is 22.0 Å². The SMILES string of the molecule is COc1ccc(C(O)CCC(=O)Nc2ccc(C)c(Br)c2)c(OC)c1. The molecule has 0 aromatic heterocycles. The van der Waals surface area contributed by atoms with E-state index in [1.807, 2.05) is 25.1 Å². The summed E-state index contributed by atoms with van der Waals surface area (Å²) in [7, 11) is 3.10. The first-order valence-electron chi connectivity index (χ1n) is 7.90. The van der Waals surface area contributed by atoms with Gasteiger partial charge < -0.3 is 19.9 Å². The number of halogens is 1. The molecule has 6 heteroatoms. The van der Waals surface area contributed by atoms with Crippen LogP contribution < -0.4 is 14.8 Å². The lowest BCUT2D eigenvalue weighted by Gasteiger charge is -2.15. The Bertz CT molecular complexity index is 748. The van der Waals surface area contributed by atoms with Gasteiger partial charge in [-0.05, 0) is 43.2 Å². The number of rotatable bonds is 7. The van der Waals surface area contributed by atoms with E-state index < -0.39 is 6.10 Å². The Morgan fingerprint density at radius 1 is 1.20 bits per heavy atom. The highest BCUT2D eigenvalue weighted by atomic mass is 79.9. The number of methoxy groups -OCH3 is 2. The molecule has 0 saturated heterocycles. The summed E-state index contributed by atoms with van der Waals surface area (Å²) < 4.78 is 11.4. The third kappa shape index (κ3) is 5.21. The quantitative estimate of drug-likeness (QED) is 0.720. The van der Waals surface area contributed by atoms with E-state index in [0.717, 1.165) is 15.7 Å². The summed E-state index contributed by atoms with van der Waals surface area (Å²) in [6.45, 7) is 1.98. The van der Waals surface area contributed by atoms with Crippen molar-refractivity contribution in [3.8, 4) is 11.5 Å². The zero-order valence-corrected chi connectivity index (χ0v) is 16.1. The number of carbonyl (C=O) groups excluding carboxylic acids is 1. The second kappa shape index (κ2) is 8.87. The number of ether oxygens (including phenoxy) is 2. The van der Waals surface area contributed by atoms with Gasteiger partial charge in [0.25, 0.3) is 0 Å². The number of hydrogen-bond donors (Lipinski definition) is 2. The fourth-order valence-corrected chi connectivity index (χ4v) is 2.79. The van der Waals surface area contributed by atoms with Gasteiger partial charge in [-0.15, -0.1) is 0 Å². The Morgan fingerprint density at radius 3 is 2.60 bits per heavy atom. The van der Waals surface area contributed by atoms with Gasteiger partial charge in [0, 0.05) is 28.2 Å². The molecule has 2 aromatic carbocycles. The minimum absolute atomic E-state index is 0.151. The van der Waals surface area contributed by atoms with Crippen molar-refractivity contribution in [2.45, 2.75) is 25.9 Å². The number of aliphatic hydroxyl groups excluding tert-OH is 1. The first kappa shape index (κ1) is 19.3. The average Bonchev–Trinajstić information content (AvgIpc) is 2.62. The fraction of sp³-hybridized carbons (Fsp3) is 0.316. The summed E-state index contributed by atoms with van der Waals surface area (Å²) in [5.41, 5.74) is 2.45. The van der Waals surface area contributed by atoms with Crippen LogP contribution in [0.2, 0.25) is 0 Å². The number of benzene rings is 2. The van der Waals surface area contributed by atoms with Gasteiger partial charge in [-0.25, -0.2) is 0 Å². The molecule has 0 aliphatic heterocycles. The first-order chi connectivity index (χ1) is 11.9. The molecule has 1 amide bonds. The van der Waals surface area contributed by atoms with Crippen LogP contribution in [0.5, 0.6) is 11.5 Å². The molecule has 1 atom stereocenters. The number of hydrogen-bond acceptors (Lipinski definition) is 4. The second-order valence-corrected chi connectivity index (χ2v) is 6.53. The van der Waals surface area contributed by atoms with E-state index in [1.54, 1.807) is 25.3 Å². The molecule has 2 rings (SSSR count). The van der Waals surface area contributed by atoms with Gasteiger partial charge in [0.1, 0.15) is 11.5 Å². The monoisotopic (exact) mass is 407 g/mol. The van der Waals surface area contributed by atoms with E-state index in [-0.39, 0.29) is 12.3 Å². The number of nitrogens with one attached hydrogen (secondary N) is 1. The van der Waals surface area contributed by atoms with Crippen LogP contribution in [-0.4, -0.2) is 25.2 Å². The highest BCUT2D eigenvalue weighted by Crippen LogP contribution is 2.31. The van der Waals surface area contributed by atoms with Gasteiger partial charge in [-0.3, -0.25) is 4.79 Å². The zero-order chi connectivity index (χ0) is 18.4. The predicted molar refractivity (Wildman–Crippen MR) is 101 cm³/mol. The van der Waals surface area contributed by atoms with Crippen molar-refractivity contribution in [2.24, 2.45) is 0 Å². The highest BCUT2D eigenvalue weighted by Gasteiger charge is 2.16. The molecule has 0 saturated carbocycles. The number of anilines is 1. The van der Waals surface area contributed by atoms with Crippen LogP contribution >= 0.6 is 15.9 Å². The summed E-state index contributed by atoms with van der Waals surface area (Å²) >= 11 is 3.44. The van der Waals surface area contributed by atoms with Crippen molar-refractivity contribution < 1.29 is 19.4 Å². The molecule has 0 spiro atoms. The molecule has 5 nitrogen and oxygen atoms in total. The van der Waals surface area contributed by atoms with E-state index >= 15 is 0 Å². The van der Waals surface area contributed by atoms with E-state index in [1.165, 1.54) is 7.11 Å². The van der Waals surface area contributed by atoms with Crippen LogP contribution in [0.25, 0.3) is 0 Å². The van der Waals surface area contributed by atoms with Gasteiger partial charge in [0.2, 0.25) is 5.91 Å². The lowest BCUT2D eigenvalue weighted by atomic mass is 10.0. The molecule has 134 valence electrons. The molecule has 0 aliphatic carbocycles. The summed E-state index contributed by atoms with van der Waals surface area (Å²) in [5.74, 6) is 1.03. The molecule has 0 fully saturated rings. The van der Waals surface area contributed by atoms with E-state index in [9.17, 15) is 9.90 Å². The summed E-state index contributed by atoms with van der Waals surface area (Å²) in [6.07, 6.45) is -0.306. The lowest BCUT2D eigenvalue weighted by Crippen LogP contribution is -2.13. The molecule has 1 unspecified atom stereocenters. The second-order valence-electron chi connectivity index (χ2n) is 5.67. The van der Waals surface area contributed by atoms with Crippen LogP contribution in [0, 0.1) is 6.92 Å². The topological polar surface area (TPSA) is 67.8 Å². The van der Waals surface area contributed by atoms with Gasteiger partial charge in [0.15, 0.2) is 0 Å². The number of aryl methyl sites for hydroxylation is 1. The first-order valence-corrected chi connectivity index (χ1v) is 8.70. The maximum Gasteiger partial charge on any atom is 0.224 e. The minimum Gasteiger partial charge on any atom is -0.497 e. The predicted octanol–water partition coefficient (Wildman–Crippen LogP) is 4.23. The maximum atomic E-state index is 12.1. The molecule has 0 bridgehead atoms. The third-order valence-corrected chi connectivity index (χ3v) is 4.75. The largest absolute Gasteiger partial charge is 0.497 e. The van der Waals surface area contributed by atoms with Crippen molar-refractivity contribution in [1.82, 2.24) is 0 Å². The van der Waals surface area contributed by atoms with Crippen molar-refractivity contribution in [2.75, 3.05) is 19.5 Å². The lowest BCUT2D eigenvalue weighted by molar-refractivity contribution is -0.116. The molecular weight excluding hydrogens is 386 g/mol. The Labute approximate surface area is 156 Å². The fourth-order valence-electron chi connectivity index (χ4n) is 2.41. The van der Waals surface area contributed by atoms with Crippen molar-refractivity contribution in [3.63, 3.8) is 0 Å². The van der Waals surface area contributed by atoms with Gasteiger partial charge in [-0.2, -0.15) is 0 Å². The molecule has 25 heavy (non-hydrogen) atoms. The minimum atomic E-state index is -0.795. The standard InChI is InChI=1S/C19H22BrNO4/c1-12-4-5-13(10-16(12)20)21-19(23)9-8-17(22)15-7-6-14(24-2)11-18(15)25-3/h4-7,10-11,17,22H,8-9H2,1-3H3,(H,21,23). The van der Waals surface area contributed by atoms with Crippen LogP contribution in [0.1, 0.15) is 30.1 Å². The molecular formula is C19H22BrNO4. The van der Waals surface area contributed by atoms with Crippen molar-refractivity contribution >= 4 is 27.5 Å². The molecule has 2 aromatic rings. The van der Waals surface area contributed by atoms with E-state index in [4.69, 9.17) is 9.47 Å². The smallest absolute Gasteiger partial charge is 0.224 e. The normalized spacial score (nSPS) is 11.7. The number of aliphatic hydroxyl groups is 1. The van der Waals surface area contributed by atoms with Crippen LogP contribution in [0.3, 0.4) is 0 Å². The van der Waals surface area contributed by atoms with Crippen LogP contribution in [0.15, 0.2) is 40.9 Å². The average molecular weight is 408 g/mol. The van der Waals surface area contributed by atoms with Gasteiger partial charge >= 0.3 is 0 Å². The van der Waals surface area contributed by atoms with Crippen LogP contribution in [-0.2, 0) is 4.79 Å². The summed E-state index contributed by atoms with van der Waals surface area (Å²) in [6, 6.07) is 10.8. The van der Waals surface area contributed by atoms with E-state index in [2.05, 4.69) is 21.2 Å². The summed E-state index contributed by atoms with van der Waals surface area (Å²) in [4.78, 5) is 12.1. The molecule has 2 N–H and O–H groups in total. The Balaban J connectivity index is 1.96. The zero-order valence-electron chi connectivity index (χ0n) is 14.5. The molecule has 0 aliphatic rings. The third-order valence-electron chi connectivity index (χ3n) is 3.90.